The van der Waals surface area contributed by atoms with Gasteiger partial charge >= 0.3 is 5.97 Å². The van der Waals surface area contributed by atoms with Crippen LogP contribution in [0.25, 0.3) is 0 Å². The van der Waals surface area contributed by atoms with Crippen LogP contribution in [0.2, 0.25) is 0 Å². The highest BCUT2D eigenvalue weighted by molar-refractivity contribution is 7.89. The molecule has 0 saturated carbocycles. The van der Waals surface area contributed by atoms with E-state index in [1.54, 1.807) is 0 Å². The van der Waals surface area contributed by atoms with E-state index >= 15 is 0 Å². The largest absolute Gasteiger partial charge is 0.480 e. The molecule has 0 radical (unpaired) electrons. The molecule has 0 unspecified atom stereocenters. The van der Waals surface area contributed by atoms with Gasteiger partial charge in [0.1, 0.15) is 16.3 Å². The molecule has 0 aliphatic heterocycles. The Kier molecular flexibility index (Phi) is 4.26. The normalized spacial score (nSPS) is 12.7. The first-order chi connectivity index (χ1) is 8.64. The number of hydrogen-bond acceptors (Lipinski definition) is 4. The van der Waals surface area contributed by atoms with Crippen molar-refractivity contribution in [1.29, 1.82) is 0 Å². The Morgan fingerprint density at radius 2 is 2.05 bits per heavy atom. The summed E-state index contributed by atoms with van der Waals surface area (Å²) in [5.41, 5.74) is -1.64. The summed E-state index contributed by atoms with van der Waals surface area (Å²) in [7, 11) is -4.13. The highest BCUT2D eigenvalue weighted by atomic mass is 32.2. The van der Waals surface area contributed by atoms with Crippen LogP contribution in [0.1, 0.15) is 20.8 Å². The molecular formula is C11H15FN2O4S. The number of carboxylic acids is 1. The molecule has 0 fully saturated rings. The van der Waals surface area contributed by atoms with Gasteiger partial charge in [-0.25, -0.2) is 12.8 Å². The molecule has 0 spiro atoms. The maximum atomic E-state index is 13.1. The number of hydrogen-bond donors (Lipinski definition) is 1. The van der Waals surface area contributed by atoms with Gasteiger partial charge in [-0.1, -0.05) is 6.92 Å². The van der Waals surface area contributed by atoms with Gasteiger partial charge in [-0.3, -0.25) is 9.78 Å². The summed E-state index contributed by atoms with van der Waals surface area (Å²) in [6, 6.07) is 0.808. The number of likely N-dealkylation sites (N-methyl/N-ethyl adjacent to an activating group) is 1. The van der Waals surface area contributed by atoms with Crippen molar-refractivity contribution in [3.63, 3.8) is 0 Å². The molecule has 1 aromatic rings. The maximum absolute atomic E-state index is 13.1. The molecule has 0 amide bonds. The number of carbonyl (C=O) groups is 1. The molecule has 0 bridgehead atoms. The summed E-state index contributed by atoms with van der Waals surface area (Å²) in [6.07, 6.45) is 1.86. The quantitative estimate of drug-likeness (QED) is 0.877. The van der Waals surface area contributed by atoms with Crippen LogP contribution < -0.4 is 0 Å². The Bertz CT molecular complexity index is 586. The van der Waals surface area contributed by atoms with Gasteiger partial charge in [0.25, 0.3) is 0 Å². The lowest BCUT2D eigenvalue weighted by atomic mass is 10.1. The van der Waals surface area contributed by atoms with Gasteiger partial charge in [-0.15, -0.1) is 0 Å². The Labute approximate surface area is 110 Å². The minimum Gasteiger partial charge on any atom is -0.480 e. The number of nitrogens with zero attached hydrogens (tertiary/aromatic N) is 2. The Morgan fingerprint density at radius 1 is 1.47 bits per heavy atom. The highest BCUT2D eigenvalue weighted by Crippen LogP contribution is 2.24. The van der Waals surface area contributed by atoms with Gasteiger partial charge in [0.2, 0.25) is 10.0 Å². The van der Waals surface area contributed by atoms with Crippen LogP contribution in [0.4, 0.5) is 4.39 Å². The smallest absolute Gasteiger partial charge is 0.324 e. The second-order valence-electron chi connectivity index (χ2n) is 4.37. The lowest BCUT2D eigenvalue weighted by molar-refractivity contribution is -0.146. The van der Waals surface area contributed by atoms with Crippen LogP contribution >= 0.6 is 0 Å². The predicted octanol–water partition coefficient (Wildman–Crippen LogP) is 1.09. The number of halogens is 1. The zero-order valence-corrected chi connectivity index (χ0v) is 11.6. The van der Waals surface area contributed by atoms with E-state index in [4.69, 9.17) is 5.11 Å². The zero-order valence-electron chi connectivity index (χ0n) is 10.8. The van der Waals surface area contributed by atoms with Gasteiger partial charge in [0.05, 0.1) is 6.20 Å². The van der Waals surface area contributed by atoms with Crippen molar-refractivity contribution in [2.45, 2.75) is 31.2 Å². The number of pyridine rings is 1. The molecule has 8 heteroatoms. The van der Waals surface area contributed by atoms with Gasteiger partial charge in [0, 0.05) is 12.7 Å². The topological polar surface area (TPSA) is 87.6 Å². The van der Waals surface area contributed by atoms with Crippen molar-refractivity contribution in [2.24, 2.45) is 0 Å². The molecule has 1 N–H and O–H groups in total. The average Bonchev–Trinajstić information content (AvgIpc) is 2.28. The van der Waals surface area contributed by atoms with Gasteiger partial charge in [0.15, 0.2) is 0 Å². The van der Waals surface area contributed by atoms with E-state index in [9.17, 15) is 17.6 Å². The van der Waals surface area contributed by atoms with Gasteiger partial charge in [-0.2, -0.15) is 4.31 Å². The van der Waals surface area contributed by atoms with E-state index in [2.05, 4.69) is 4.98 Å². The van der Waals surface area contributed by atoms with Crippen molar-refractivity contribution >= 4 is 16.0 Å². The van der Waals surface area contributed by atoms with Crippen LogP contribution in [-0.2, 0) is 14.8 Å². The number of sulfonamides is 1. The summed E-state index contributed by atoms with van der Waals surface area (Å²) in [6.45, 7) is 3.99. The first-order valence-corrected chi connectivity index (χ1v) is 6.94. The third kappa shape index (κ3) is 2.90. The van der Waals surface area contributed by atoms with E-state index < -0.39 is 27.3 Å². The molecular weight excluding hydrogens is 275 g/mol. The van der Waals surface area contributed by atoms with Crippen LogP contribution in [0, 0.1) is 5.82 Å². The van der Waals surface area contributed by atoms with Crippen LogP contribution in [0.15, 0.2) is 23.4 Å². The minimum atomic E-state index is -4.13. The van der Waals surface area contributed by atoms with E-state index in [0.717, 1.165) is 22.8 Å². The van der Waals surface area contributed by atoms with E-state index in [1.165, 1.54) is 20.8 Å². The van der Waals surface area contributed by atoms with Gasteiger partial charge in [-0.05, 0) is 19.9 Å². The second kappa shape index (κ2) is 5.22. The molecule has 0 aliphatic carbocycles. The van der Waals surface area contributed by atoms with Crippen molar-refractivity contribution < 1.29 is 22.7 Å². The molecule has 0 atom stereocenters. The Hall–Kier alpha value is -1.54. The van der Waals surface area contributed by atoms with Crippen LogP contribution in [0.3, 0.4) is 0 Å². The highest BCUT2D eigenvalue weighted by Gasteiger charge is 2.42. The van der Waals surface area contributed by atoms with E-state index in [-0.39, 0.29) is 11.4 Å². The average molecular weight is 290 g/mol. The first kappa shape index (κ1) is 15.5. The van der Waals surface area contributed by atoms with E-state index in [0.29, 0.717) is 0 Å². The van der Waals surface area contributed by atoms with E-state index in [1.807, 2.05) is 0 Å². The molecule has 1 heterocycles. The molecule has 0 saturated heterocycles. The van der Waals surface area contributed by atoms with Crippen molar-refractivity contribution in [1.82, 2.24) is 9.29 Å². The van der Waals surface area contributed by atoms with Crippen LogP contribution in [0.5, 0.6) is 0 Å². The van der Waals surface area contributed by atoms with Crippen LogP contribution in [-0.4, -0.2) is 40.9 Å². The van der Waals surface area contributed by atoms with Gasteiger partial charge < -0.3 is 5.11 Å². The molecule has 19 heavy (non-hydrogen) atoms. The summed E-state index contributed by atoms with van der Waals surface area (Å²) in [5, 5.41) is 9.11. The Morgan fingerprint density at radius 3 is 2.47 bits per heavy atom. The molecule has 0 aliphatic rings. The Balaban J connectivity index is 3.36. The molecule has 106 valence electrons. The summed E-state index contributed by atoms with van der Waals surface area (Å²) in [5.74, 6) is -2.09. The minimum absolute atomic E-state index is 0.0574. The SMILES string of the molecule is CCN(C(C)(C)C(=O)O)S(=O)(=O)c1cncc(F)c1. The maximum Gasteiger partial charge on any atom is 0.324 e. The first-order valence-electron chi connectivity index (χ1n) is 5.50. The standard InChI is InChI=1S/C11H15FN2O4S/c1-4-14(11(2,3)10(15)16)19(17,18)9-5-8(12)6-13-7-9/h5-7H,4H2,1-3H3,(H,15,16). The monoisotopic (exact) mass is 290 g/mol. The van der Waals surface area contributed by atoms with Crippen molar-refractivity contribution in [3.05, 3.63) is 24.3 Å². The summed E-state index contributed by atoms with van der Waals surface area (Å²) >= 11 is 0. The molecule has 0 aromatic carbocycles. The number of aliphatic carboxylic acids is 1. The molecule has 6 nitrogen and oxygen atoms in total. The second-order valence-corrected chi connectivity index (χ2v) is 6.24. The fourth-order valence-electron chi connectivity index (χ4n) is 1.63. The molecule has 1 rings (SSSR count). The fourth-order valence-corrected chi connectivity index (χ4v) is 3.36. The lowest BCUT2D eigenvalue weighted by Gasteiger charge is -2.32. The third-order valence-electron chi connectivity index (χ3n) is 2.70. The fraction of sp³-hybridized carbons (Fsp3) is 0.455. The number of rotatable bonds is 5. The number of aromatic nitrogens is 1. The number of carboxylic acid groups (broad SMARTS) is 1. The zero-order chi connectivity index (χ0) is 14.8. The predicted molar refractivity (Wildman–Crippen MR) is 65.5 cm³/mol. The summed E-state index contributed by atoms with van der Waals surface area (Å²) in [4.78, 5) is 14.3. The summed E-state index contributed by atoms with van der Waals surface area (Å²) < 4.78 is 38.5. The van der Waals surface area contributed by atoms with Crippen molar-refractivity contribution in [3.8, 4) is 0 Å². The third-order valence-corrected chi connectivity index (χ3v) is 4.82. The molecule has 1 aromatic heterocycles. The van der Waals surface area contributed by atoms with Crippen molar-refractivity contribution in [2.75, 3.05) is 6.54 Å². The lowest BCUT2D eigenvalue weighted by Crippen LogP contribution is -2.52.